The van der Waals surface area contributed by atoms with Gasteiger partial charge in [-0.05, 0) is 25.0 Å². The van der Waals surface area contributed by atoms with Crippen LogP contribution in [0.4, 0.5) is 8.78 Å². The van der Waals surface area contributed by atoms with E-state index in [0.717, 1.165) is 7.11 Å². The summed E-state index contributed by atoms with van der Waals surface area (Å²) in [7, 11) is 1.11. The summed E-state index contributed by atoms with van der Waals surface area (Å²) in [5.41, 5.74) is -0.427. The largest absolute Gasteiger partial charge is 0.544 e. The molecule has 1 saturated carbocycles. The van der Waals surface area contributed by atoms with Crippen molar-refractivity contribution in [3.05, 3.63) is 35.4 Å². The molecule has 1 aromatic rings. The fourth-order valence-corrected chi connectivity index (χ4v) is 2.97. The normalized spacial score (nSPS) is 16.3. The Hall–Kier alpha value is -2.51. The zero-order valence-electron chi connectivity index (χ0n) is 13.5. The van der Waals surface area contributed by atoms with E-state index in [1.54, 1.807) is 0 Å². The number of benzene rings is 1. The van der Waals surface area contributed by atoms with Crippen LogP contribution in [0.5, 0.6) is 0 Å². The molecule has 0 N–H and O–H groups in total. The van der Waals surface area contributed by atoms with E-state index in [-0.39, 0.29) is 11.1 Å². The summed E-state index contributed by atoms with van der Waals surface area (Å²) in [6.07, 6.45) is -0.238. The van der Waals surface area contributed by atoms with E-state index in [1.807, 2.05) is 0 Å². The number of carbonyl (C=O) groups excluding carboxylic acids is 3. The van der Waals surface area contributed by atoms with Crippen molar-refractivity contribution in [2.75, 3.05) is 7.11 Å². The van der Waals surface area contributed by atoms with Gasteiger partial charge < -0.3 is 19.4 Å². The summed E-state index contributed by atoms with van der Waals surface area (Å²) in [5.74, 6) is -9.76. The predicted octanol–water partition coefficient (Wildman–Crippen LogP) is 1.57. The van der Waals surface area contributed by atoms with Gasteiger partial charge in [-0.25, -0.2) is 9.59 Å². The maximum atomic E-state index is 14.0. The van der Waals surface area contributed by atoms with Gasteiger partial charge in [0.1, 0.15) is 5.97 Å². The Bertz CT molecular complexity index is 667. The van der Waals surface area contributed by atoms with Crippen molar-refractivity contribution in [2.24, 2.45) is 5.92 Å². The number of carbonyl (C=O) groups is 3. The van der Waals surface area contributed by atoms with Crippen molar-refractivity contribution in [3.63, 3.8) is 0 Å². The molecule has 0 saturated heterocycles. The highest BCUT2D eigenvalue weighted by Crippen LogP contribution is 2.37. The molecule has 6 nitrogen and oxygen atoms in total. The number of methoxy groups -OCH3 is 1. The zero-order valence-corrected chi connectivity index (χ0v) is 13.5. The lowest BCUT2D eigenvalue weighted by atomic mass is 9.95. The topological polar surface area (TPSA) is 92.7 Å². The number of hydrogen-bond acceptors (Lipinski definition) is 6. The van der Waals surface area contributed by atoms with E-state index in [2.05, 4.69) is 4.74 Å². The first-order chi connectivity index (χ1) is 11.8. The van der Waals surface area contributed by atoms with Crippen LogP contribution in [0.2, 0.25) is 0 Å². The predicted molar refractivity (Wildman–Crippen MR) is 78.9 cm³/mol. The standard InChI is InChI=1S/C17H18F2O6/c1-24-14(20)11-8-4-5-9-12(11)15(21)25-13(10-6-2-3-7-10)17(18,19)16(22)23/h4-5,8-10,13H,2-3,6-7H2,1H3,(H,22,23)/p-1. The first-order valence-corrected chi connectivity index (χ1v) is 7.76. The lowest BCUT2D eigenvalue weighted by Gasteiger charge is -2.31. The Labute approximate surface area is 142 Å². The zero-order chi connectivity index (χ0) is 18.6. The summed E-state index contributed by atoms with van der Waals surface area (Å²) in [6, 6.07) is 5.39. The first-order valence-electron chi connectivity index (χ1n) is 7.76. The van der Waals surface area contributed by atoms with E-state index >= 15 is 0 Å². The average Bonchev–Trinajstić information content (AvgIpc) is 3.12. The van der Waals surface area contributed by atoms with E-state index in [0.29, 0.717) is 25.7 Å². The third-order valence-electron chi connectivity index (χ3n) is 4.24. The van der Waals surface area contributed by atoms with Crippen LogP contribution >= 0.6 is 0 Å². The Morgan fingerprint density at radius 2 is 1.64 bits per heavy atom. The lowest BCUT2D eigenvalue weighted by Crippen LogP contribution is -2.53. The van der Waals surface area contributed by atoms with Crippen LogP contribution in [0.1, 0.15) is 46.4 Å². The highest BCUT2D eigenvalue weighted by molar-refractivity contribution is 6.03. The number of carboxylic acids is 1. The molecule has 1 aliphatic carbocycles. The fraction of sp³-hybridized carbons (Fsp3) is 0.471. The van der Waals surface area contributed by atoms with Crippen molar-refractivity contribution in [1.82, 2.24) is 0 Å². The molecular formula is C17H17F2O6-. The number of alkyl halides is 2. The number of aliphatic carboxylic acids is 1. The van der Waals surface area contributed by atoms with E-state index in [4.69, 9.17) is 4.74 Å². The van der Waals surface area contributed by atoms with E-state index < -0.39 is 35.9 Å². The second-order valence-electron chi connectivity index (χ2n) is 5.82. The van der Waals surface area contributed by atoms with Crippen molar-refractivity contribution >= 4 is 17.9 Å². The van der Waals surface area contributed by atoms with Gasteiger partial charge in [0.2, 0.25) is 0 Å². The Balaban J connectivity index is 2.32. The molecule has 1 aromatic carbocycles. The molecule has 1 atom stereocenters. The second-order valence-corrected chi connectivity index (χ2v) is 5.82. The molecule has 136 valence electrons. The molecule has 1 aliphatic rings. The van der Waals surface area contributed by atoms with Crippen LogP contribution in [0, 0.1) is 5.92 Å². The van der Waals surface area contributed by atoms with Crippen LogP contribution in [-0.4, -0.2) is 37.0 Å². The van der Waals surface area contributed by atoms with Gasteiger partial charge in [-0.2, -0.15) is 8.78 Å². The summed E-state index contributed by atoms with van der Waals surface area (Å²) in [4.78, 5) is 34.9. The van der Waals surface area contributed by atoms with Gasteiger partial charge >= 0.3 is 17.9 Å². The van der Waals surface area contributed by atoms with Crippen LogP contribution in [0.15, 0.2) is 24.3 Å². The molecule has 0 radical (unpaired) electrons. The third kappa shape index (κ3) is 3.94. The number of hydrogen-bond donors (Lipinski definition) is 0. The number of esters is 2. The van der Waals surface area contributed by atoms with Gasteiger partial charge in [-0.15, -0.1) is 0 Å². The minimum Gasteiger partial charge on any atom is -0.544 e. The van der Waals surface area contributed by atoms with Crippen molar-refractivity contribution in [2.45, 2.75) is 37.7 Å². The molecular weight excluding hydrogens is 338 g/mol. The van der Waals surface area contributed by atoms with Crippen molar-refractivity contribution in [3.8, 4) is 0 Å². The number of carboxylic acid groups (broad SMARTS) is 1. The Morgan fingerprint density at radius 3 is 2.12 bits per heavy atom. The van der Waals surface area contributed by atoms with Gasteiger partial charge in [-0.3, -0.25) is 0 Å². The number of rotatable bonds is 6. The van der Waals surface area contributed by atoms with Gasteiger partial charge in [0.05, 0.1) is 18.2 Å². The Morgan fingerprint density at radius 1 is 1.12 bits per heavy atom. The molecule has 0 heterocycles. The smallest absolute Gasteiger partial charge is 0.339 e. The molecule has 1 fully saturated rings. The summed E-state index contributed by atoms with van der Waals surface area (Å²) in [5, 5.41) is 10.8. The lowest BCUT2D eigenvalue weighted by molar-refractivity contribution is -0.337. The molecule has 1 unspecified atom stereocenters. The van der Waals surface area contributed by atoms with E-state index in [1.165, 1.54) is 24.3 Å². The van der Waals surface area contributed by atoms with Gasteiger partial charge in [0.15, 0.2) is 6.10 Å². The quantitative estimate of drug-likeness (QED) is 0.719. The Kier molecular flexibility index (Phi) is 5.71. The molecule has 0 spiro atoms. The summed E-state index contributed by atoms with van der Waals surface area (Å²) >= 11 is 0. The highest BCUT2D eigenvalue weighted by Gasteiger charge is 2.49. The van der Waals surface area contributed by atoms with Gasteiger partial charge in [0, 0.05) is 5.92 Å². The molecule has 0 amide bonds. The second kappa shape index (κ2) is 7.58. The molecule has 0 bridgehead atoms. The minimum atomic E-state index is -4.33. The van der Waals surface area contributed by atoms with Crippen LogP contribution in [0.3, 0.4) is 0 Å². The van der Waals surface area contributed by atoms with Gasteiger partial charge in [-0.1, -0.05) is 25.0 Å². The molecule has 2 rings (SSSR count). The van der Waals surface area contributed by atoms with Crippen molar-refractivity contribution < 1.29 is 37.7 Å². The first kappa shape index (κ1) is 18.8. The third-order valence-corrected chi connectivity index (χ3v) is 4.24. The summed E-state index contributed by atoms with van der Waals surface area (Å²) in [6.45, 7) is 0. The molecule has 0 aromatic heterocycles. The van der Waals surface area contributed by atoms with Crippen molar-refractivity contribution in [1.29, 1.82) is 0 Å². The fourth-order valence-electron chi connectivity index (χ4n) is 2.97. The van der Waals surface area contributed by atoms with Gasteiger partial charge in [0.25, 0.3) is 0 Å². The number of halogens is 2. The molecule has 25 heavy (non-hydrogen) atoms. The molecule has 8 heteroatoms. The minimum absolute atomic E-state index is 0.156. The maximum Gasteiger partial charge on any atom is 0.339 e. The maximum absolute atomic E-state index is 14.0. The summed E-state index contributed by atoms with van der Waals surface area (Å²) < 4.78 is 37.5. The molecule has 0 aliphatic heterocycles. The van der Waals surface area contributed by atoms with Crippen LogP contribution in [0.25, 0.3) is 0 Å². The highest BCUT2D eigenvalue weighted by atomic mass is 19.3. The monoisotopic (exact) mass is 355 g/mol. The SMILES string of the molecule is COC(=O)c1ccccc1C(=O)OC(C1CCCC1)C(F)(F)C(=O)[O-]. The van der Waals surface area contributed by atoms with E-state index in [9.17, 15) is 28.3 Å². The van der Waals surface area contributed by atoms with Crippen LogP contribution in [-0.2, 0) is 14.3 Å². The average molecular weight is 355 g/mol. The van der Waals surface area contributed by atoms with Crippen LogP contribution < -0.4 is 5.11 Å². The number of ether oxygens (including phenoxy) is 2.